The lowest BCUT2D eigenvalue weighted by Crippen LogP contribution is -2.49. The van der Waals surface area contributed by atoms with Gasteiger partial charge in [-0.15, -0.1) is 0 Å². The molecule has 0 spiro atoms. The first-order valence-corrected chi connectivity index (χ1v) is 15.1. The predicted molar refractivity (Wildman–Crippen MR) is 151 cm³/mol. The van der Waals surface area contributed by atoms with Crippen molar-refractivity contribution in [3.8, 4) is 0 Å². The van der Waals surface area contributed by atoms with E-state index in [0.717, 1.165) is 35.8 Å². The normalized spacial score (nSPS) is 12.2. The number of anilines is 1. The van der Waals surface area contributed by atoms with Gasteiger partial charge in [0.15, 0.2) is 0 Å². The van der Waals surface area contributed by atoms with Gasteiger partial charge < -0.3 is 10.2 Å². The third-order valence-corrected chi connectivity index (χ3v) is 7.82. The van der Waals surface area contributed by atoms with Crippen molar-refractivity contribution in [3.05, 3.63) is 64.2 Å². The molecule has 1 atom stereocenters. The lowest BCUT2D eigenvalue weighted by atomic mass is 10.0. The van der Waals surface area contributed by atoms with E-state index in [0.29, 0.717) is 36.6 Å². The van der Waals surface area contributed by atoms with E-state index in [1.165, 1.54) is 4.31 Å². The van der Waals surface area contributed by atoms with Crippen molar-refractivity contribution in [3.63, 3.8) is 0 Å². The SMILES string of the molecule is CCCCNC(=O)C(CC)N(Cc1ccccc1C)C(=O)CCCN(c1cc(Cl)ccc1C)S(C)(=O)=O. The summed E-state index contributed by atoms with van der Waals surface area (Å²) >= 11 is 6.13. The fourth-order valence-electron chi connectivity index (χ4n) is 4.23. The van der Waals surface area contributed by atoms with Gasteiger partial charge >= 0.3 is 0 Å². The highest BCUT2D eigenvalue weighted by molar-refractivity contribution is 7.92. The van der Waals surface area contributed by atoms with Gasteiger partial charge in [0.25, 0.3) is 0 Å². The summed E-state index contributed by atoms with van der Waals surface area (Å²) in [6.45, 7) is 8.77. The van der Waals surface area contributed by atoms with Gasteiger partial charge in [-0.2, -0.15) is 0 Å². The summed E-state index contributed by atoms with van der Waals surface area (Å²) < 4.78 is 26.5. The molecule has 0 aromatic heterocycles. The van der Waals surface area contributed by atoms with Crippen LogP contribution in [-0.2, 0) is 26.2 Å². The van der Waals surface area contributed by atoms with Crippen LogP contribution in [0.5, 0.6) is 0 Å². The van der Waals surface area contributed by atoms with E-state index in [1.807, 2.05) is 45.0 Å². The smallest absolute Gasteiger partial charge is 0.242 e. The average molecular weight is 550 g/mol. The van der Waals surface area contributed by atoms with Crippen LogP contribution in [-0.4, -0.2) is 50.5 Å². The fraction of sp³-hybridized carbons (Fsp3) is 0.500. The Morgan fingerprint density at radius 1 is 1.03 bits per heavy atom. The molecule has 1 N–H and O–H groups in total. The van der Waals surface area contributed by atoms with Gasteiger partial charge in [0, 0.05) is 31.1 Å². The van der Waals surface area contributed by atoms with Gasteiger partial charge in [-0.3, -0.25) is 13.9 Å². The van der Waals surface area contributed by atoms with Crippen LogP contribution < -0.4 is 9.62 Å². The van der Waals surface area contributed by atoms with Crippen molar-refractivity contribution in [2.45, 2.75) is 72.4 Å². The molecule has 204 valence electrons. The molecule has 0 saturated carbocycles. The molecule has 2 aromatic carbocycles. The Balaban J connectivity index is 2.24. The lowest BCUT2D eigenvalue weighted by molar-refractivity contribution is -0.141. The fourth-order valence-corrected chi connectivity index (χ4v) is 5.41. The van der Waals surface area contributed by atoms with Crippen LogP contribution in [0.2, 0.25) is 5.02 Å². The minimum absolute atomic E-state index is 0.107. The lowest BCUT2D eigenvalue weighted by Gasteiger charge is -2.31. The topological polar surface area (TPSA) is 86.8 Å². The number of hydrogen-bond acceptors (Lipinski definition) is 4. The molecule has 2 aromatic rings. The Labute approximate surface area is 227 Å². The first-order valence-electron chi connectivity index (χ1n) is 12.8. The molecule has 9 heteroatoms. The maximum absolute atomic E-state index is 13.5. The van der Waals surface area contributed by atoms with Crippen molar-refractivity contribution in [1.29, 1.82) is 0 Å². The molecule has 0 bridgehead atoms. The van der Waals surface area contributed by atoms with Crippen LogP contribution in [0.3, 0.4) is 0 Å². The minimum atomic E-state index is -3.59. The molecule has 1 unspecified atom stereocenters. The zero-order valence-corrected chi connectivity index (χ0v) is 24.2. The highest BCUT2D eigenvalue weighted by atomic mass is 35.5. The second kappa shape index (κ2) is 14.4. The molecule has 0 radical (unpaired) electrons. The Hall–Kier alpha value is -2.58. The molecular weight excluding hydrogens is 510 g/mol. The number of nitrogens with one attached hydrogen (secondary N) is 1. The second-order valence-electron chi connectivity index (χ2n) is 9.39. The monoisotopic (exact) mass is 549 g/mol. The zero-order valence-electron chi connectivity index (χ0n) is 22.6. The van der Waals surface area contributed by atoms with E-state index in [1.54, 1.807) is 23.1 Å². The molecule has 2 rings (SSSR count). The summed E-state index contributed by atoms with van der Waals surface area (Å²) in [7, 11) is -3.59. The van der Waals surface area contributed by atoms with Gasteiger partial charge in [0.2, 0.25) is 21.8 Å². The summed E-state index contributed by atoms with van der Waals surface area (Å²) in [4.78, 5) is 28.2. The maximum atomic E-state index is 13.5. The van der Waals surface area contributed by atoms with Crippen molar-refractivity contribution in [2.24, 2.45) is 0 Å². The third kappa shape index (κ3) is 9.04. The van der Waals surface area contributed by atoms with Gasteiger partial charge in [-0.25, -0.2) is 8.42 Å². The van der Waals surface area contributed by atoms with E-state index in [2.05, 4.69) is 12.2 Å². The molecular formula is C28H40ClN3O4S. The molecule has 7 nitrogen and oxygen atoms in total. The largest absolute Gasteiger partial charge is 0.354 e. The summed E-state index contributed by atoms with van der Waals surface area (Å²) in [5, 5.41) is 3.40. The molecule has 37 heavy (non-hydrogen) atoms. The summed E-state index contributed by atoms with van der Waals surface area (Å²) in [6.07, 6.45) is 3.87. The number of rotatable bonds is 14. The Morgan fingerprint density at radius 2 is 1.73 bits per heavy atom. The molecule has 0 aliphatic carbocycles. The number of carbonyl (C=O) groups is 2. The first-order chi connectivity index (χ1) is 17.5. The zero-order chi connectivity index (χ0) is 27.6. The van der Waals surface area contributed by atoms with Gasteiger partial charge in [-0.1, -0.05) is 62.2 Å². The average Bonchev–Trinajstić information content (AvgIpc) is 2.84. The number of nitrogens with zero attached hydrogens (tertiary/aromatic N) is 2. The number of sulfonamides is 1. The van der Waals surface area contributed by atoms with Gasteiger partial charge in [-0.05, 0) is 61.9 Å². The number of carbonyl (C=O) groups excluding carboxylic acids is 2. The number of aryl methyl sites for hydroxylation is 2. The van der Waals surface area contributed by atoms with Crippen molar-refractivity contribution in [1.82, 2.24) is 10.2 Å². The van der Waals surface area contributed by atoms with E-state index in [-0.39, 0.29) is 24.8 Å². The first kappa shape index (κ1) is 30.6. The molecule has 0 heterocycles. The molecule has 2 amide bonds. The number of benzene rings is 2. The molecule has 0 saturated heterocycles. The summed E-state index contributed by atoms with van der Waals surface area (Å²) in [6, 6.07) is 12.3. The maximum Gasteiger partial charge on any atom is 0.242 e. The Kier molecular flexibility index (Phi) is 11.9. The molecule has 0 aliphatic rings. The molecule has 0 aliphatic heterocycles. The summed E-state index contributed by atoms with van der Waals surface area (Å²) in [5.41, 5.74) is 3.29. The number of halogens is 1. The molecule has 0 fully saturated rings. The number of unbranched alkanes of at least 4 members (excludes halogenated alkanes) is 1. The van der Waals surface area contributed by atoms with Crippen LogP contribution in [0.25, 0.3) is 0 Å². The predicted octanol–water partition coefficient (Wildman–Crippen LogP) is 5.23. The van der Waals surface area contributed by atoms with Crippen LogP contribution in [0.1, 0.15) is 62.6 Å². The van der Waals surface area contributed by atoms with Crippen LogP contribution >= 0.6 is 11.6 Å². The Morgan fingerprint density at radius 3 is 2.35 bits per heavy atom. The standard InChI is InChI=1S/C28H40ClN3O4S/c1-6-8-17-30-28(34)25(7-2)31(20-23-13-10-9-12-21(23)3)27(33)14-11-18-32(37(5,35)36)26-19-24(29)16-15-22(26)4/h9-10,12-13,15-16,19,25H,6-8,11,14,17-18,20H2,1-5H3,(H,30,34). The van der Waals surface area contributed by atoms with Crippen LogP contribution in [0, 0.1) is 13.8 Å². The van der Waals surface area contributed by atoms with Crippen molar-refractivity contribution in [2.75, 3.05) is 23.7 Å². The van der Waals surface area contributed by atoms with Gasteiger partial charge in [0.1, 0.15) is 6.04 Å². The quantitative estimate of drug-likeness (QED) is 0.327. The van der Waals surface area contributed by atoms with Crippen LogP contribution in [0.4, 0.5) is 5.69 Å². The number of amides is 2. The number of hydrogen-bond donors (Lipinski definition) is 1. The van der Waals surface area contributed by atoms with E-state index in [9.17, 15) is 18.0 Å². The Bertz CT molecular complexity index is 1170. The van der Waals surface area contributed by atoms with Gasteiger partial charge in [0.05, 0.1) is 11.9 Å². The van der Waals surface area contributed by atoms with Crippen molar-refractivity contribution >= 4 is 39.1 Å². The van der Waals surface area contributed by atoms with Crippen LogP contribution in [0.15, 0.2) is 42.5 Å². The minimum Gasteiger partial charge on any atom is -0.354 e. The van der Waals surface area contributed by atoms with Crippen molar-refractivity contribution < 1.29 is 18.0 Å². The second-order valence-corrected chi connectivity index (χ2v) is 11.7. The van der Waals surface area contributed by atoms with E-state index in [4.69, 9.17) is 11.6 Å². The highest BCUT2D eigenvalue weighted by Gasteiger charge is 2.29. The third-order valence-electron chi connectivity index (χ3n) is 6.41. The van der Waals surface area contributed by atoms with E-state index < -0.39 is 16.1 Å². The summed E-state index contributed by atoms with van der Waals surface area (Å²) in [5.74, 6) is -0.345. The van der Waals surface area contributed by atoms with E-state index >= 15 is 0 Å². The highest BCUT2D eigenvalue weighted by Crippen LogP contribution is 2.27.